The van der Waals surface area contributed by atoms with E-state index in [1.807, 2.05) is 0 Å². The Bertz CT molecular complexity index is 212. The van der Waals surface area contributed by atoms with E-state index >= 15 is 0 Å². The van der Waals surface area contributed by atoms with Gasteiger partial charge in [-0.1, -0.05) is 0 Å². The largest absolute Gasteiger partial charge is 0.449 e. The Morgan fingerprint density at radius 2 is 2.08 bits per heavy atom. The van der Waals surface area contributed by atoms with Crippen molar-refractivity contribution in [3.05, 3.63) is 0 Å². The van der Waals surface area contributed by atoms with E-state index in [9.17, 15) is 9.59 Å². The van der Waals surface area contributed by atoms with Gasteiger partial charge >= 0.3 is 5.97 Å². The molecule has 12 heavy (non-hydrogen) atoms. The minimum Gasteiger partial charge on any atom is -0.449 e. The summed E-state index contributed by atoms with van der Waals surface area (Å²) < 4.78 is 4.29. The first-order chi connectivity index (χ1) is 5.57. The molecule has 1 aliphatic rings. The van der Waals surface area contributed by atoms with Crippen LogP contribution < -0.4 is 0 Å². The van der Waals surface area contributed by atoms with Gasteiger partial charge in [-0.25, -0.2) is 4.79 Å². The summed E-state index contributed by atoms with van der Waals surface area (Å²) in [7, 11) is 0. The van der Waals surface area contributed by atoms with Crippen molar-refractivity contribution in [3.8, 4) is 0 Å². The van der Waals surface area contributed by atoms with Crippen molar-refractivity contribution in [1.82, 2.24) is 0 Å². The molecule has 0 aromatic heterocycles. The van der Waals surface area contributed by atoms with Crippen LogP contribution in [-0.2, 0) is 14.3 Å². The number of ketones is 1. The van der Waals surface area contributed by atoms with Gasteiger partial charge in [0, 0.05) is 0 Å². The van der Waals surface area contributed by atoms with Crippen LogP contribution in [0.15, 0.2) is 0 Å². The summed E-state index contributed by atoms with van der Waals surface area (Å²) in [4.78, 5) is 21.3. The lowest BCUT2D eigenvalue weighted by Gasteiger charge is -2.09. The Morgan fingerprint density at radius 1 is 1.50 bits per heavy atom. The first-order valence-electron chi connectivity index (χ1n) is 3.28. The number of esters is 1. The molecule has 0 bridgehead atoms. The van der Waals surface area contributed by atoms with Gasteiger partial charge < -0.3 is 20.1 Å². The number of ether oxygens (including phenoxy) is 1. The predicted molar refractivity (Wildman–Crippen MR) is 34.0 cm³/mol. The topological polar surface area (TPSA) is 104 Å². The molecule has 0 saturated carbocycles. The number of carbonyl (C=O) groups is 2. The van der Waals surface area contributed by atoms with Crippen molar-refractivity contribution in [3.63, 3.8) is 0 Å². The Morgan fingerprint density at radius 3 is 2.42 bits per heavy atom. The van der Waals surface area contributed by atoms with Gasteiger partial charge in [0.25, 0.3) is 0 Å². The van der Waals surface area contributed by atoms with Crippen LogP contribution in [0.25, 0.3) is 0 Å². The zero-order chi connectivity index (χ0) is 9.30. The molecule has 0 spiro atoms. The highest BCUT2D eigenvalue weighted by Crippen LogP contribution is 2.16. The standard InChI is InChI=1S/C6H8O6/c7-1-2(8)5-3(9)4(10)6(11)12-5/h3-5,7,9-10H,1H2/t3-,4-,5+/m0/s1. The average molecular weight is 176 g/mol. The van der Waals surface area contributed by atoms with Crippen molar-refractivity contribution in [1.29, 1.82) is 0 Å². The van der Waals surface area contributed by atoms with Crippen LogP contribution in [0.4, 0.5) is 0 Å². The van der Waals surface area contributed by atoms with Crippen LogP contribution in [-0.4, -0.2) is 52.0 Å². The quantitative estimate of drug-likeness (QED) is 0.392. The molecule has 1 rings (SSSR count). The third kappa shape index (κ3) is 1.31. The molecule has 1 fully saturated rings. The highest BCUT2D eigenvalue weighted by molar-refractivity contribution is 5.91. The number of aliphatic hydroxyl groups is 3. The summed E-state index contributed by atoms with van der Waals surface area (Å²) in [5.74, 6) is -1.87. The molecular formula is C6H8O6. The van der Waals surface area contributed by atoms with Gasteiger partial charge in [-0.2, -0.15) is 0 Å². The van der Waals surface area contributed by atoms with E-state index in [-0.39, 0.29) is 0 Å². The lowest BCUT2D eigenvalue weighted by molar-refractivity contribution is -0.152. The molecule has 0 aliphatic carbocycles. The number of rotatable bonds is 2. The molecule has 0 unspecified atom stereocenters. The minimum absolute atomic E-state index is 0.826. The van der Waals surface area contributed by atoms with Crippen LogP contribution in [0.1, 0.15) is 0 Å². The molecule has 3 atom stereocenters. The molecule has 0 aromatic rings. The Kier molecular flexibility index (Phi) is 2.41. The summed E-state index contributed by atoms with van der Waals surface area (Å²) in [5, 5.41) is 26.2. The number of hydrogen-bond donors (Lipinski definition) is 3. The van der Waals surface area contributed by atoms with Crippen molar-refractivity contribution in [2.75, 3.05) is 6.61 Å². The van der Waals surface area contributed by atoms with Gasteiger partial charge in [0.1, 0.15) is 12.7 Å². The van der Waals surface area contributed by atoms with Crippen LogP contribution in [0, 0.1) is 0 Å². The van der Waals surface area contributed by atoms with Crippen LogP contribution in [0.3, 0.4) is 0 Å². The first kappa shape index (κ1) is 9.11. The maximum atomic E-state index is 10.7. The Hall–Kier alpha value is -0.980. The van der Waals surface area contributed by atoms with Gasteiger partial charge in [0.2, 0.25) is 5.78 Å². The normalized spacial score (nSPS) is 34.9. The lowest BCUT2D eigenvalue weighted by atomic mass is 10.1. The zero-order valence-corrected chi connectivity index (χ0v) is 6.01. The number of Topliss-reactive ketones (excluding diaryl/α,β-unsaturated/α-hetero) is 1. The molecule has 0 radical (unpaired) electrons. The van der Waals surface area contributed by atoms with Gasteiger partial charge in [0.15, 0.2) is 12.2 Å². The average Bonchev–Trinajstić information content (AvgIpc) is 2.32. The van der Waals surface area contributed by atoms with Crippen LogP contribution in [0.5, 0.6) is 0 Å². The molecule has 6 heteroatoms. The highest BCUT2D eigenvalue weighted by atomic mass is 16.6. The van der Waals surface area contributed by atoms with Crippen molar-refractivity contribution < 1.29 is 29.6 Å². The second-order valence-electron chi connectivity index (χ2n) is 2.42. The molecule has 0 amide bonds. The molecule has 68 valence electrons. The van der Waals surface area contributed by atoms with E-state index in [2.05, 4.69) is 4.74 Å². The first-order valence-corrected chi connectivity index (χ1v) is 3.28. The van der Waals surface area contributed by atoms with E-state index < -0.39 is 36.7 Å². The van der Waals surface area contributed by atoms with Gasteiger partial charge in [-0.3, -0.25) is 4.79 Å². The number of carbonyl (C=O) groups excluding carboxylic acids is 2. The van der Waals surface area contributed by atoms with E-state index in [0.29, 0.717) is 0 Å². The minimum atomic E-state index is -1.69. The SMILES string of the molecule is O=C1O[C@H](C(=O)CO)[C@@H](O)[C@@H]1O. The fourth-order valence-corrected chi connectivity index (χ4v) is 0.916. The van der Waals surface area contributed by atoms with Gasteiger partial charge in [-0.15, -0.1) is 0 Å². The Balaban J connectivity index is 2.70. The molecule has 6 nitrogen and oxygen atoms in total. The van der Waals surface area contributed by atoms with E-state index in [4.69, 9.17) is 15.3 Å². The smallest absolute Gasteiger partial charge is 0.338 e. The van der Waals surface area contributed by atoms with Crippen molar-refractivity contribution >= 4 is 11.8 Å². The summed E-state index contributed by atoms with van der Waals surface area (Å²) in [6, 6.07) is 0. The summed E-state index contributed by atoms with van der Waals surface area (Å²) >= 11 is 0. The van der Waals surface area contributed by atoms with Crippen LogP contribution >= 0.6 is 0 Å². The lowest BCUT2D eigenvalue weighted by Crippen LogP contribution is -2.37. The van der Waals surface area contributed by atoms with E-state index in [1.165, 1.54) is 0 Å². The summed E-state index contributed by atoms with van der Waals surface area (Å²) in [6.45, 7) is -0.832. The van der Waals surface area contributed by atoms with Crippen LogP contribution in [0.2, 0.25) is 0 Å². The summed E-state index contributed by atoms with van der Waals surface area (Å²) in [6.07, 6.45) is -4.69. The molecule has 1 heterocycles. The van der Waals surface area contributed by atoms with E-state index in [1.54, 1.807) is 0 Å². The zero-order valence-electron chi connectivity index (χ0n) is 6.01. The fraction of sp³-hybridized carbons (Fsp3) is 0.667. The van der Waals surface area contributed by atoms with Gasteiger partial charge in [-0.05, 0) is 0 Å². The highest BCUT2D eigenvalue weighted by Gasteiger charge is 2.45. The second-order valence-corrected chi connectivity index (χ2v) is 2.42. The number of hydrogen-bond acceptors (Lipinski definition) is 6. The number of aliphatic hydroxyl groups excluding tert-OH is 3. The van der Waals surface area contributed by atoms with Crippen molar-refractivity contribution in [2.45, 2.75) is 18.3 Å². The molecule has 1 aliphatic heterocycles. The van der Waals surface area contributed by atoms with E-state index in [0.717, 1.165) is 0 Å². The molecule has 3 N–H and O–H groups in total. The second kappa shape index (κ2) is 3.18. The number of cyclic esters (lactones) is 1. The molecule has 1 saturated heterocycles. The third-order valence-electron chi connectivity index (χ3n) is 1.59. The predicted octanol–water partition coefficient (Wildman–Crippen LogP) is -2.81. The summed E-state index contributed by atoms with van der Waals surface area (Å²) in [5.41, 5.74) is 0. The fourth-order valence-electron chi connectivity index (χ4n) is 0.916. The molecular weight excluding hydrogens is 168 g/mol. The van der Waals surface area contributed by atoms with Crippen molar-refractivity contribution in [2.24, 2.45) is 0 Å². The monoisotopic (exact) mass is 176 g/mol. The Labute approximate surface area is 67.4 Å². The third-order valence-corrected chi connectivity index (χ3v) is 1.59. The maximum Gasteiger partial charge on any atom is 0.338 e. The maximum absolute atomic E-state index is 10.7. The van der Waals surface area contributed by atoms with Gasteiger partial charge in [0.05, 0.1) is 0 Å². The molecule has 0 aromatic carbocycles.